The number of halogens is 4. The number of hydrogen-bond donors (Lipinski definition) is 2. The van der Waals surface area contributed by atoms with Crippen molar-refractivity contribution in [1.29, 1.82) is 0 Å². The van der Waals surface area contributed by atoms with Crippen LogP contribution in [0.3, 0.4) is 0 Å². The molecule has 1 fully saturated rings. The van der Waals surface area contributed by atoms with Gasteiger partial charge in [0.25, 0.3) is 0 Å². The van der Waals surface area contributed by atoms with Crippen molar-refractivity contribution in [3.05, 3.63) is 28.8 Å². The van der Waals surface area contributed by atoms with Gasteiger partial charge in [-0.25, -0.2) is 4.79 Å². The molecule has 1 aromatic rings. The summed E-state index contributed by atoms with van der Waals surface area (Å²) in [5.74, 6) is -1.40. The van der Waals surface area contributed by atoms with Crippen LogP contribution in [0.25, 0.3) is 0 Å². The van der Waals surface area contributed by atoms with Crippen LogP contribution in [0.15, 0.2) is 18.2 Å². The molecule has 9 heteroatoms. The fourth-order valence-corrected chi connectivity index (χ4v) is 2.58. The van der Waals surface area contributed by atoms with E-state index in [1.807, 2.05) is 0 Å². The molecule has 23 heavy (non-hydrogen) atoms. The Labute approximate surface area is 135 Å². The number of urea groups is 1. The average molecular weight is 351 g/mol. The lowest BCUT2D eigenvalue weighted by Crippen LogP contribution is -2.42. The Morgan fingerprint density at radius 2 is 1.87 bits per heavy atom. The quantitative estimate of drug-likeness (QED) is 0.854. The molecule has 1 saturated heterocycles. The maximum absolute atomic E-state index is 12.8. The van der Waals surface area contributed by atoms with E-state index in [4.69, 9.17) is 16.7 Å². The summed E-state index contributed by atoms with van der Waals surface area (Å²) < 4.78 is 38.3. The standard InChI is InChI=1S/C14H14ClF3N2O3/c15-11-2-1-9(7-10(11)14(16,17)18)19-13(23)20-5-3-8(4-6-20)12(21)22/h1-2,7-8H,3-6H2,(H,19,23)(H,21,22). The highest BCUT2D eigenvalue weighted by atomic mass is 35.5. The third-order valence-electron chi connectivity index (χ3n) is 3.65. The highest BCUT2D eigenvalue weighted by molar-refractivity contribution is 6.31. The molecule has 1 aliphatic heterocycles. The topological polar surface area (TPSA) is 69.6 Å². The molecule has 2 amide bonds. The smallest absolute Gasteiger partial charge is 0.417 e. The van der Waals surface area contributed by atoms with Crippen LogP contribution in [-0.2, 0) is 11.0 Å². The molecule has 0 bridgehead atoms. The summed E-state index contributed by atoms with van der Waals surface area (Å²) >= 11 is 5.51. The lowest BCUT2D eigenvalue weighted by atomic mass is 9.97. The van der Waals surface area contributed by atoms with Gasteiger partial charge >= 0.3 is 18.2 Å². The van der Waals surface area contributed by atoms with Gasteiger partial charge in [0.05, 0.1) is 16.5 Å². The lowest BCUT2D eigenvalue weighted by Gasteiger charge is -2.30. The fraction of sp³-hybridized carbons (Fsp3) is 0.429. The second-order valence-electron chi connectivity index (χ2n) is 5.22. The van der Waals surface area contributed by atoms with Crippen molar-refractivity contribution in [3.8, 4) is 0 Å². The van der Waals surface area contributed by atoms with E-state index in [1.165, 1.54) is 11.0 Å². The number of likely N-dealkylation sites (tertiary alicyclic amines) is 1. The van der Waals surface area contributed by atoms with Gasteiger partial charge in [0.15, 0.2) is 0 Å². The molecular formula is C14H14ClF3N2O3. The number of nitrogens with one attached hydrogen (secondary N) is 1. The number of piperidine rings is 1. The minimum Gasteiger partial charge on any atom is -0.481 e. The molecule has 5 nitrogen and oxygen atoms in total. The first-order chi connectivity index (χ1) is 10.7. The highest BCUT2D eigenvalue weighted by Gasteiger charge is 2.33. The van der Waals surface area contributed by atoms with Crippen molar-refractivity contribution in [2.45, 2.75) is 19.0 Å². The van der Waals surface area contributed by atoms with Crippen molar-refractivity contribution in [3.63, 3.8) is 0 Å². The maximum Gasteiger partial charge on any atom is 0.417 e. The summed E-state index contributed by atoms with van der Waals surface area (Å²) in [6.07, 6.45) is -3.98. The number of rotatable bonds is 2. The van der Waals surface area contributed by atoms with E-state index in [0.29, 0.717) is 12.8 Å². The SMILES string of the molecule is O=C(O)C1CCN(C(=O)Nc2ccc(Cl)c(C(F)(F)F)c2)CC1. The number of carboxylic acid groups (broad SMARTS) is 1. The fourth-order valence-electron chi connectivity index (χ4n) is 2.35. The first kappa shape index (κ1) is 17.4. The number of carbonyl (C=O) groups excluding carboxylic acids is 1. The normalized spacial score (nSPS) is 16.3. The number of anilines is 1. The molecule has 0 atom stereocenters. The first-order valence-electron chi connectivity index (χ1n) is 6.84. The molecule has 0 radical (unpaired) electrons. The van der Waals surface area contributed by atoms with Gasteiger partial charge in [-0.15, -0.1) is 0 Å². The van der Waals surface area contributed by atoms with Gasteiger partial charge in [-0.1, -0.05) is 11.6 Å². The second kappa shape index (κ2) is 6.66. The van der Waals surface area contributed by atoms with Gasteiger partial charge in [-0.05, 0) is 31.0 Å². The minimum absolute atomic E-state index is 0.0212. The van der Waals surface area contributed by atoms with Gasteiger partial charge in [-0.2, -0.15) is 13.2 Å². The molecule has 0 unspecified atom stereocenters. The average Bonchev–Trinajstić information content (AvgIpc) is 2.48. The van der Waals surface area contributed by atoms with Gasteiger partial charge in [0, 0.05) is 18.8 Å². The van der Waals surface area contributed by atoms with Crippen LogP contribution in [0.4, 0.5) is 23.7 Å². The molecule has 0 saturated carbocycles. The zero-order valence-corrected chi connectivity index (χ0v) is 12.6. The van der Waals surface area contributed by atoms with Crippen LogP contribution in [0.5, 0.6) is 0 Å². The van der Waals surface area contributed by atoms with E-state index in [1.54, 1.807) is 0 Å². The van der Waals surface area contributed by atoms with E-state index in [9.17, 15) is 22.8 Å². The van der Waals surface area contributed by atoms with Crippen molar-refractivity contribution < 1.29 is 27.9 Å². The molecule has 2 rings (SSSR count). The molecule has 0 spiro atoms. The predicted octanol–water partition coefficient (Wildman–Crippen LogP) is 3.69. The molecule has 126 valence electrons. The Kier molecular flexibility index (Phi) is 5.03. The Bertz CT molecular complexity index is 614. The zero-order valence-electron chi connectivity index (χ0n) is 11.9. The van der Waals surface area contributed by atoms with Crippen LogP contribution in [0, 0.1) is 5.92 Å². The van der Waals surface area contributed by atoms with Crippen LogP contribution < -0.4 is 5.32 Å². The Balaban J connectivity index is 2.03. The van der Waals surface area contributed by atoms with Crippen molar-refractivity contribution in [2.24, 2.45) is 5.92 Å². The monoisotopic (exact) mass is 350 g/mol. The van der Waals surface area contributed by atoms with E-state index in [2.05, 4.69) is 5.32 Å². The van der Waals surface area contributed by atoms with Crippen LogP contribution >= 0.6 is 11.6 Å². The molecule has 1 aliphatic rings. The third-order valence-corrected chi connectivity index (χ3v) is 3.98. The summed E-state index contributed by atoms with van der Waals surface area (Å²) in [6, 6.07) is 2.55. The number of benzene rings is 1. The first-order valence-corrected chi connectivity index (χ1v) is 7.22. The van der Waals surface area contributed by atoms with Gasteiger partial charge in [0.1, 0.15) is 0 Å². The van der Waals surface area contributed by atoms with Crippen molar-refractivity contribution in [1.82, 2.24) is 4.90 Å². The largest absolute Gasteiger partial charge is 0.481 e. The van der Waals surface area contributed by atoms with Gasteiger partial charge < -0.3 is 15.3 Å². The molecule has 0 aromatic heterocycles. The van der Waals surface area contributed by atoms with E-state index >= 15 is 0 Å². The Hall–Kier alpha value is -1.96. The minimum atomic E-state index is -4.61. The highest BCUT2D eigenvalue weighted by Crippen LogP contribution is 2.36. The van der Waals surface area contributed by atoms with Crippen LogP contribution in [0.1, 0.15) is 18.4 Å². The molecule has 1 aromatic carbocycles. The predicted molar refractivity (Wildman–Crippen MR) is 77.4 cm³/mol. The van der Waals surface area contributed by atoms with Crippen LogP contribution in [-0.4, -0.2) is 35.1 Å². The Morgan fingerprint density at radius 1 is 1.26 bits per heavy atom. The summed E-state index contributed by atoms with van der Waals surface area (Å²) in [4.78, 5) is 24.3. The van der Waals surface area contributed by atoms with Gasteiger partial charge in [-0.3, -0.25) is 4.79 Å². The second-order valence-corrected chi connectivity index (χ2v) is 5.63. The number of aliphatic carboxylic acids is 1. The summed E-state index contributed by atoms with van der Waals surface area (Å²) in [6.45, 7) is 0.477. The van der Waals surface area contributed by atoms with Crippen molar-refractivity contribution in [2.75, 3.05) is 18.4 Å². The van der Waals surface area contributed by atoms with Gasteiger partial charge in [0.2, 0.25) is 0 Å². The maximum atomic E-state index is 12.8. The summed E-state index contributed by atoms with van der Waals surface area (Å²) in [5, 5.41) is 10.8. The number of nitrogens with zero attached hydrogens (tertiary/aromatic N) is 1. The van der Waals surface area contributed by atoms with E-state index in [0.717, 1.165) is 12.1 Å². The van der Waals surface area contributed by atoms with E-state index in [-0.39, 0.29) is 18.8 Å². The summed E-state index contributed by atoms with van der Waals surface area (Å²) in [5.41, 5.74) is -1.05. The molecular weight excluding hydrogens is 337 g/mol. The zero-order chi connectivity index (χ0) is 17.2. The number of alkyl halides is 3. The number of carbonyl (C=O) groups is 2. The number of hydrogen-bond acceptors (Lipinski definition) is 2. The lowest BCUT2D eigenvalue weighted by molar-refractivity contribution is -0.143. The molecule has 2 N–H and O–H groups in total. The van der Waals surface area contributed by atoms with E-state index < -0.39 is 34.7 Å². The number of amides is 2. The molecule has 0 aliphatic carbocycles. The van der Waals surface area contributed by atoms with Crippen LogP contribution in [0.2, 0.25) is 5.02 Å². The number of carboxylic acids is 1. The Morgan fingerprint density at radius 3 is 2.39 bits per heavy atom. The third kappa shape index (κ3) is 4.28. The molecule has 1 heterocycles. The summed E-state index contributed by atoms with van der Waals surface area (Å²) in [7, 11) is 0. The van der Waals surface area contributed by atoms with Crippen molar-refractivity contribution >= 4 is 29.3 Å².